The first-order valence-electron chi connectivity index (χ1n) is 5.45. The molecule has 2 aromatic rings. The van der Waals surface area contributed by atoms with Gasteiger partial charge in [0.25, 0.3) is 0 Å². The molecule has 3 nitrogen and oxygen atoms in total. The van der Waals surface area contributed by atoms with Gasteiger partial charge in [0.15, 0.2) is 0 Å². The molecule has 0 saturated heterocycles. The standard InChI is InChI=1S/C14H8Br3NO2/c1-19-13-5-12(17)14(6-11(13)16)20-9-3-2-8(7-18)10(15)4-9/h2-6H,1H3. The van der Waals surface area contributed by atoms with Gasteiger partial charge in [-0.1, -0.05) is 0 Å². The minimum Gasteiger partial charge on any atom is -0.496 e. The quantitative estimate of drug-likeness (QED) is 0.593. The van der Waals surface area contributed by atoms with Gasteiger partial charge in [-0.3, -0.25) is 0 Å². The minimum absolute atomic E-state index is 0.562. The van der Waals surface area contributed by atoms with Gasteiger partial charge < -0.3 is 9.47 Å². The third-order valence-corrected chi connectivity index (χ3v) is 4.39. The summed E-state index contributed by atoms with van der Waals surface area (Å²) >= 11 is 10.2. The number of nitriles is 1. The van der Waals surface area contributed by atoms with Crippen molar-refractivity contribution in [2.75, 3.05) is 7.11 Å². The fourth-order valence-electron chi connectivity index (χ4n) is 1.52. The van der Waals surface area contributed by atoms with Crippen molar-refractivity contribution in [2.45, 2.75) is 0 Å². The van der Waals surface area contributed by atoms with Crippen LogP contribution in [0.1, 0.15) is 5.56 Å². The Hall–Kier alpha value is -1.03. The lowest BCUT2D eigenvalue weighted by atomic mass is 10.2. The van der Waals surface area contributed by atoms with Crippen molar-refractivity contribution < 1.29 is 9.47 Å². The van der Waals surface area contributed by atoms with E-state index in [2.05, 4.69) is 53.9 Å². The molecule has 0 spiro atoms. The maximum absolute atomic E-state index is 8.89. The predicted molar refractivity (Wildman–Crippen MR) is 87.3 cm³/mol. The summed E-state index contributed by atoms with van der Waals surface area (Å²) in [5, 5.41) is 8.89. The molecule has 0 saturated carbocycles. The van der Waals surface area contributed by atoms with E-state index in [1.165, 1.54) is 0 Å². The van der Waals surface area contributed by atoms with Crippen LogP contribution in [0.3, 0.4) is 0 Å². The number of hydrogen-bond donors (Lipinski definition) is 0. The fraction of sp³-hybridized carbons (Fsp3) is 0.0714. The topological polar surface area (TPSA) is 42.2 Å². The van der Waals surface area contributed by atoms with E-state index in [0.717, 1.165) is 8.95 Å². The van der Waals surface area contributed by atoms with Gasteiger partial charge in [-0.15, -0.1) is 0 Å². The van der Waals surface area contributed by atoms with Gasteiger partial charge in [0.1, 0.15) is 23.3 Å². The Morgan fingerprint density at radius 3 is 2.20 bits per heavy atom. The number of hydrogen-bond acceptors (Lipinski definition) is 3. The SMILES string of the molecule is COc1cc(Br)c(Oc2ccc(C#N)c(Br)c2)cc1Br. The highest BCUT2D eigenvalue weighted by atomic mass is 79.9. The van der Waals surface area contributed by atoms with Crippen LogP contribution in [-0.4, -0.2) is 7.11 Å². The van der Waals surface area contributed by atoms with Crippen LogP contribution in [0.15, 0.2) is 43.7 Å². The van der Waals surface area contributed by atoms with Crippen molar-refractivity contribution in [1.82, 2.24) is 0 Å². The first kappa shape index (κ1) is 15.4. The van der Waals surface area contributed by atoms with Gasteiger partial charge in [0.2, 0.25) is 0 Å². The summed E-state index contributed by atoms with van der Waals surface area (Å²) in [7, 11) is 1.60. The Kier molecular flexibility index (Phi) is 5.08. The lowest BCUT2D eigenvalue weighted by molar-refractivity contribution is 0.409. The van der Waals surface area contributed by atoms with Gasteiger partial charge in [0.05, 0.1) is 21.6 Å². The first-order valence-corrected chi connectivity index (χ1v) is 7.83. The van der Waals surface area contributed by atoms with E-state index >= 15 is 0 Å². The van der Waals surface area contributed by atoms with Crippen LogP contribution < -0.4 is 9.47 Å². The van der Waals surface area contributed by atoms with Crippen molar-refractivity contribution in [3.63, 3.8) is 0 Å². The second-order valence-corrected chi connectivity index (χ2v) is 6.34. The molecule has 0 atom stereocenters. The first-order chi connectivity index (χ1) is 9.55. The van der Waals surface area contributed by atoms with Gasteiger partial charge in [0, 0.05) is 4.47 Å². The molecule has 6 heteroatoms. The van der Waals surface area contributed by atoms with E-state index in [1.807, 2.05) is 12.1 Å². The highest BCUT2D eigenvalue weighted by Crippen LogP contribution is 2.38. The molecule has 102 valence electrons. The van der Waals surface area contributed by atoms with Crippen LogP contribution in [0, 0.1) is 11.3 Å². The Bertz CT molecular complexity index is 696. The molecule has 0 unspecified atom stereocenters. The number of ether oxygens (including phenoxy) is 2. The third kappa shape index (κ3) is 3.35. The zero-order valence-corrected chi connectivity index (χ0v) is 15.0. The molecule has 0 radical (unpaired) electrons. The molecule has 2 rings (SSSR count). The Balaban J connectivity index is 2.33. The third-order valence-electron chi connectivity index (χ3n) is 2.50. The van der Waals surface area contributed by atoms with Gasteiger partial charge in [-0.2, -0.15) is 5.26 Å². The summed E-state index contributed by atoms with van der Waals surface area (Å²) in [6.07, 6.45) is 0. The second kappa shape index (κ2) is 6.61. The van der Waals surface area contributed by atoms with E-state index in [-0.39, 0.29) is 0 Å². The molecule has 0 bridgehead atoms. The summed E-state index contributed by atoms with van der Waals surface area (Å²) in [6.45, 7) is 0. The number of halogens is 3. The van der Waals surface area contributed by atoms with Crippen molar-refractivity contribution in [2.24, 2.45) is 0 Å². The van der Waals surface area contributed by atoms with Crippen molar-refractivity contribution in [3.8, 4) is 23.3 Å². The molecule has 0 aliphatic rings. The Morgan fingerprint density at radius 1 is 0.950 bits per heavy atom. The molecule has 0 fully saturated rings. The average Bonchev–Trinajstić information content (AvgIpc) is 2.42. The molecular formula is C14H8Br3NO2. The Morgan fingerprint density at radius 2 is 1.60 bits per heavy atom. The van der Waals surface area contributed by atoms with Crippen molar-refractivity contribution >= 4 is 47.8 Å². The molecule has 0 amide bonds. The zero-order chi connectivity index (χ0) is 14.7. The molecule has 0 aromatic heterocycles. The smallest absolute Gasteiger partial charge is 0.143 e. The molecule has 0 heterocycles. The lowest BCUT2D eigenvalue weighted by Crippen LogP contribution is -1.90. The van der Waals surface area contributed by atoms with Crippen molar-refractivity contribution in [3.05, 3.63) is 49.3 Å². The second-order valence-electron chi connectivity index (χ2n) is 3.77. The van der Waals surface area contributed by atoms with Gasteiger partial charge in [-0.05, 0) is 78.1 Å². The monoisotopic (exact) mass is 459 g/mol. The summed E-state index contributed by atoms with van der Waals surface area (Å²) in [4.78, 5) is 0. The molecular weight excluding hydrogens is 454 g/mol. The summed E-state index contributed by atoms with van der Waals surface area (Å²) < 4.78 is 13.3. The van der Waals surface area contributed by atoms with Crippen LogP contribution in [0.25, 0.3) is 0 Å². The van der Waals surface area contributed by atoms with E-state index < -0.39 is 0 Å². The maximum Gasteiger partial charge on any atom is 0.143 e. The fourth-order valence-corrected chi connectivity index (χ4v) is 2.86. The minimum atomic E-state index is 0.562. The number of methoxy groups -OCH3 is 1. The van der Waals surface area contributed by atoms with Crippen LogP contribution in [0.2, 0.25) is 0 Å². The van der Waals surface area contributed by atoms with Crippen LogP contribution >= 0.6 is 47.8 Å². The normalized spacial score (nSPS) is 9.95. The van der Waals surface area contributed by atoms with E-state index in [0.29, 0.717) is 27.3 Å². The van der Waals surface area contributed by atoms with E-state index in [4.69, 9.17) is 14.7 Å². The van der Waals surface area contributed by atoms with Crippen LogP contribution in [0.5, 0.6) is 17.2 Å². The van der Waals surface area contributed by atoms with Gasteiger partial charge >= 0.3 is 0 Å². The predicted octanol–water partition coefficient (Wildman–Crippen LogP) is 5.65. The van der Waals surface area contributed by atoms with Crippen LogP contribution in [0.4, 0.5) is 0 Å². The largest absolute Gasteiger partial charge is 0.496 e. The Labute approximate surface area is 141 Å². The summed E-state index contributed by atoms with van der Waals surface area (Å²) in [6, 6.07) is 10.9. The number of benzene rings is 2. The molecule has 20 heavy (non-hydrogen) atoms. The molecule has 0 N–H and O–H groups in total. The average molecular weight is 462 g/mol. The van der Waals surface area contributed by atoms with Crippen molar-refractivity contribution in [1.29, 1.82) is 5.26 Å². The lowest BCUT2D eigenvalue weighted by Gasteiger charge is -2.11. The number of nitrogens with zero attached hydrogens (tertiary/aromatic N) is 1. The highest BCUT2D eigenvalue weighted by Gasteiger charge is 2.10. The van der Waals surface area contributed by atoms with E-state index in [1.54, 1.807) is 25.3 Å². The van der Waals surface area contributed by atoms with E-state index in [9.17, 15) is 0 Å². The van der Waals surface area contributed by atoms with Gasteiger partial charge in [-0.25, -0.2) is 0 Å². The number of rotatable bonds is 3. The maximum atomic E-state index is 8.89. The zero-order valence-electron chi connectivity index (χ0n) is 10.3. The molecule has 0 aliphatic carbocycles. The van der Waals surface area contributed by atoms with Crippen LogP contribution in [-0.2, 0) is 0 Å². The molecule has 2 aromatic carbocycles. The summed E-state index contributed by atoms with van der Waals surface area (Å²) in [5.41, 5.74) is 0.562. The molecule has 0 aliphatic heterocycles. The summed E-state index contributed by atoms with van der Waals surface area (Å²) in [5.74, 6) is 1.99. The highest BCUT2D eigenvalue weighted by molar-refractivity contribution is 9.11.